The van der Waals surface area contributed by atoms with Crippen LogP contribution in [0.1, 0.15) is 10.4 Å². The summed E-state index contributed by atoms with van der Waals surface area (Å²) in [6, 6.07) is 4.19. The van der Waals surface area contributed by atoms with Crippen LogP contribution < -0.4 is 5.32 Å². The van der Waals surface area contributed by atoms with Crippen molar-refractivity contribution in [1.29, 1.82) is 0 Å². The zero-order valence-electron chi connectivity index (χ0n) is 8.51. The molecule has 0 bridgehead atoms. The normalized spacial score (nSPS) is 10.1. The van der Waals surface area contributed by atoms with E-state index in [1.165, 1.54) is 29.1 Å². The van der Waals surface area contributed by atoms with E-state index in [9.17, 15) is 9.18 Å². The van der Waals surface area contributed by atoms with Gasteiger partial charge in [0.2, 0.25) is 5.95 Å². The van der Waals surface area contributed by atoms with Gasteiger partial charge in [0, 0.05) is 13.2 Å². The number of carbonyl (C=O) groups excluding carboxylic acids is 1. The maximum atomic E-state index is 12.7. The monoisotopic (exact) mass is 220 g/mol. The van der Waals surface area contributed by atoms with Crippen molar-refractivity contribution in [3.8, 4) is 0 Å². The average Bonchev–Trinajstić information content (AvgIpc) is 2.65. The summed E-state index contributed by atoms with van der Waals surface area (Å²) in [5.41, 5.74) is 0.397. The smallest absolute Gasteiger partial charge is 0.260 e. The summed E-state index contributed by atoms with van der Waals surface area (Å²) in [5, 5.41) is 6.33. The SMILES string of the molecule is Cn1cc(C(=O)Nc2cccc(F)n2)cn1. The van der Waals surface area contributed by atoms with E-state index in [4.69, 9.17) is 0 Å². The highest BCUT2D eigenvalue weighted by Crippen LogP contribution is 2.06. The van der Waals surface area contributed by atoms with E-state index >= 15 is 0 Å². The summed E-state index contributed by atoms with van der Waals surface area (Å²) in [6.45, 7) is 0. The molecule has 0 unspecified atom stereocenters. The minimum absolute atomic E-state index is 0.175. The van der Waals surface area contributed by atoms with Crippen LogP contribution in [-0.2, 0) is 7.05 Å². The van der Waals surface area contributed by atoms with Gasteiger partial charge in [-0.3, -0.25) is 9.48 Å². The zero-order valence-corrected chi connectivity index (χ0v) is 8.51. The number of amides is 1. The quantitative estimate of drug-likeness (QED) is 0.774. The summed E-state index contributed by atoms with van der Waals surface area (Å²) in [5.74, 6) is -0.830. The number of pyridine rings is 1. The van der Waals surface area contributed by atoms with Gasteiger partial charge in [0.25, 0.3) is 5.91 Å². The number of aryl methyl sites for hydroxylation is 1. The topological polar surface area (TPSA) is 59.8 Å². The maximum absolute atomic E-state index is 12.7. The Bertz CT molecular complexity index is 523. The van der Waals surface area contributed by atoms with Crippen molar-refractivity contribution in [2.45, 2.75) is 0 Å². The highest BCUT2D eigenvalue weighted by atomic mass is 19.1. The number of hydrogen-bond acceptors (Lipinski definition) is 3. The van der Waals surface area contributed by atoms with E-state index in [-0.39, 0.29) is 11.7 Å². The molecule has 5 nitrogen and oxygen atoms in total. The summed E-state index contributed by atoms with van der Waals surface area (Å²) >= 11 is 0. The molecule has 0 atom stereocenters. The van der Waals surface area contributed by atoms with E-state index in [0.717, 1.165) is 0 Å². The van der Waals surface area contributed by atoms with Gasteiger partial charge in [-0.15, -0.1) is 0 Å². The van der Waals surface area contributed by atoms with E-state index in [0.29, 0.717) is 5.56 Å². The van der Waals surface area contributed by atoms with Crippen molar-refractivity contribution in [3.05, 3.63) is 42.1 Å². The first kappa shape index (κ1) is 10.3. The first-order valence-corrected chi connectivity index (χ1v) is 4.58. The Morgan fingerprint density at radius 1 is 1.50 bits per heavy atom. The second-order valence-corrected chi connectivity index (χ2v) is 3.20. The third-order valence-electron chi connectivity index (χ3n) is 1.92. The van der Waals surface area contributed by atoms with E-state index in [2.05, 4.69) is 15.4 Å². The molecule has 0 saturated heterocycles. The summed E-state index contributed by atoms with van der Waals surface area (Å²) < 4.78 is 14.3. The minimum Gasteiger partial charge on any atom is -0.306 e. The molecule has 0 aromatic carbocycles. The van der Waals surface area contributed by atoms with Crippen molar-refractivity contribution < 1.29 is 9.18 Å². The van der Waals surface area contributed by atoms with Crippen LogP contribution in [0.15, 0.2) is 30.6 Å². The van der Waals surface area contributed by atoms with Crippen LogP contribution in [0.2, 0.25) is 0 Å². The fourth-order valence-electron chi connectivity index (χ4n) is 1.20. The predicted molar refractivity (Wildman–Crippen MR) is 55.4 cm³/mol. The standard InChI is InChI=1S/C10H9FN4O/c1-15-6-7(5-12-15)10(16)14-9-4-2-3-8(11)13-9/h2-6H,1H3,(H,13,14,16). The number of aromatic nitrogens is 3. The van der Waals surface area contributed by atoms with Gasteiger partial charge in [-0.1, -0.05) is 6.07 Å². The van der Waals surface area contributed by atoms with Crippen LogP contribution in [0.5, 0.6) is 0 Å². The number of hydrogen-bond donors (Lipinski definition) is 1. The molecule has 6 heteroatoms. The second kappa shape index (κ2) is 4.09. The number of anilines is 1. The van der Waals surface area contributed by atoms with Gasteiger partial charge < -0.3 is 5.32 Å². The van der Waals surface area contributed by atoms with Crippen LogP contribution in [0.25, 0.3) is 0 Å². The molecule has 1 amide bonds. The lowest BCUT2D eigenvalue weighted by Gasteiger charge is -2.01. The molecule has 0 saturated carbocycles. The molecule has 82 valence electrons. The van der Waals surface area contributed by atoms with Crippen LogP contribution in [0.3, 0.4) is 0 Å². The molecule has 2 rings (SSSR count). The molecule has 0 radical (unpaired) electrons. The van der Waals surface area contributed by atoms with Gasteiger partial charge in [-0.2, -0.15) is 9.49 Å². The fraction of sp³-hybridized carbons (Fsp3) is 0.100. The molecule has 16 heavy (non-hydrogen) atoms. The molecule has 2 aromatic rings. The molecule has 0 spiro atoms. The summed E-state index contributed by atoms with van der Waals surface area (Å²) in [4.78, 5) is 15.1. The largest absolute Gasteiger partial charge is 0.306 e. The van der Waals surface area contributed by atoms with Gasteiger partial charge in [0.15, 0.2) is 0 Å². The number of rotatable bonds is 2. The first-order valence-electron chi connectivity index (χ1n) is 4.58. The molecular weight excluding hydrogens is 211 g/mol. The lowest BCUT2D eigenvalue weighted by molar-refractivity contribution is 0.102. The van der Waals surface area contributed by atoms with E-state index in [1.807, 2.05) is 0 Å². The molecule has 0 aliphatic heterocycles. The van der Waals surface area contributed by atoms with Crippen molar-refractivity contribution in [1.82, 2.24) is 14.8 Å². The molecule has 0 aliphatic rings. The Kier molecular flexibility index (Phi) is 2.63. The summed E-state index contributed by atoms with van der Waals surface area (Å²) in [7, 11) is 1.71. The Morgan fingerprint density at radius 2 is 2.31 bits per heavy atom. The molecular formula is C10H9FN4O. The average molecular weight is 220 g/mol. The lowest BCUT2D eigenvalue weighted by atomic mass is 10.3. The van der Waals surface area contributed by atoms with Crippen LogP contribution >= 0.6 is 0 Å². The van der Waals surface area contributed by atoms with Crippen LogP contribution in [0, 0.1) is 5.95 Å². The second-order valence-electron chi connectivity index (χ2n) is 3.20. The minimum atomic E-state index is -0.635. The van der Waals surface area contributed by atoms with Gasteiger partial charge in [-0.25, -0.2) is 4.98 Å². The van der Waals surface area contributed by atoms with Gasteiger partial charge >= 0.3 is 0 Å². The van der Waals surface area contributed by atoms with E-state index < -0.39 is 5.95 Å². The van der Waals surface area contributed by atoms with Gasteiger partial charge in [0.05, 0.1) is 11.8 Å². The number of halogens is 1. The lowest BCUT2D eigenvalue weighted by Crippen LogP contribution is -2.12. The highest BCUT2D eigenvalue weighted by molar-refractivity contribution is 6.03. The van der Waals surface area contributed by atoms with Gasteiger partial charge in [0.1, 0.15) is 5.82 Å². The highest BCUT2D eigenvalue weighted by Gasteiger charge is 2.08. The van der Waals surface area contributed by atoms with Crippen molar-refractivity contribution >= 4 is 11.7 Å². The predicted octanol–water partition coefficient (Wildman–Crippen LogP) is 1.21. The third kappa shape index (κ3) is 2.22. The third-order valence-corrected chi connectivity index (χ3v) is 1.92. The Hall–Kier alpha value is -2.24. The zero-order chi connectivity index (χ0) is 11.5. The molecule has 0 fully saturated rings. The van der Waals surface area contributed by atoms with Crippen molar-refractivity contribution in [2.24, 2.45) is 7.05 Å². The Morgan fingerprint density at radius 3 is 2.94 bits per heavy atom. The molecule has 2 aromatic heterocycles. The fourth-order valence-corrected chi connectivity index (χ4v) is 1.20. The maximum Gasteiger partial charge on any atom is 0.260 e. The number of nitrogens with zero attached hydrogens (tertiary/aromatic N) is 3. The number of nitrogens with one attached hydrogen (secondary N) is 1. The summed E-state index contributed by atoms with van der Waals surface area (Å²) in [6.07, 6.45) is 2.99. The van der Waals surface area contributed by atoms with E-state index in [1.54, 1.807) is 13.2 Å². The van der Waals surface area contributed by atoms with Crippen LogP contribution in [0.4, 0.5) is 10.2 Å². The molecule has 1 N–H and O–H groups in total. The molecule has 2 heterocycles. The Balaban J connectivity index is 2.13. The number of carbonyl (C=O) groups is 1. The van der Waals surface area contributed by atoms with Gasteiger partial charge in [-0.05, 0) is 12.1 Å². The Labute approximate surface area is 90.9 Å². The van der Waals surface area contributed by atoms with Crippen molar-refractivity contribution in [2.75, 3.05) is 5.32 Å². The molecule has 0 aliphatic carbocycles. The first-order chi connectivity index (χ1) is 7.65. The van der Waals surface area contributed by atoms with Crippen LogP contribution in [-0.4, -0.2) is 20.7 Å². The van der Waals surface area contributed by atoms with Crippen molar-refractivity contribution in [3.63, 3.8) is 0 Å².